The van der Waals surface area contributed by atoms with E-state index in [1.165, 1.54) is 0 Å². The monoisotopic (exact) mass is 264 g/mol. The molecule has 1 atom stereocenters. The van der Waals surface area contributed by atoms with Crippen molar-refractivity contribution in [2.75, 3.05) is 0 Å². The lowest BCUT2D eigenvalue weighted by atomic mass is 10.1. The van der Waals surface area contributed by atoms with Gasteiger partial charge in [-0.05, 0) is 30.5 Å². The maximum absolute atomic E-state index is 5.92. The lowest BCUT2D eigenvalue weighted by Crippen LogP contribution is -2.06. The fraction of sp³-hybridized carbons (Fsp3) is 0.118. The predicted molar refractivity (Wildman–Crippen MR) is 80.9 cm³/mol. The maximum Gasteiger partial charge on any atom is 0.145 e. The second-order valence-electron chi connectivity index (χ2n) is 4.79. The van der Waals surface area contributed by atoms with Crippen LogP contribution in [0, 0.1) is 0 Å². The van der Waals surface area contributed by atoms with Crippen molar-refractivity contribution in [1.82, 2.24) is 4.98 Å². The maximum atomic E-state index is 5.92. The molecule has 3 nitrogen and oxygen atoms in total. The van der Waals surface area contributed by atoms with Crippen molar-refractivity contribution in [3.63, 3.8) is 0 Å². The van der Waals surface area contributed by atoms with Gasteiger partial charge in [-0.2, -0.15) is 0 Å². The van der Waals surface area contributed by atoms with E-state index >= 15 is 0 Å². The molecular weight excluding hydrogens is 248 g/mol. The van der Waals surface area contributed by atoms with Gasteiger partial charge in [-0.3, -0.25) is 4.98 Å². The number of benzene rings is 2. The van der Waals surface area contributed by atoms with Gasteiger partial charge in [-0.15, -0.1) is 0 Å². The fourth-order valence-electron chi connectivity index (χ4n) is 2.13. The van der Waals surface area contributed by atoms with Crippen LogP contribution < -0.4 is 10.5 Å². The zero-order valence-corrected chi connectivity index (χ0v) is 11.3. The second-order valence-corrected chi connectivity index (χ2v) is 4.79. The standard InChI is InChI=1S/C17H16N2O/c1-12(18)16-10-9-14(11-19-16)20-17-8-4-6-13-5-2-3-7-15(13)17/h2-12H,18H2,1H3/t12-/m1/s1. The van der Waals surface area contributed by atoms with E-state index in [0.29, 0.717) is 5.75 Å². The minimum Gasteiger partial charge on any atom is -0.455 e. The van der Waals surface area contributed by atoms with Gasteiger partial charge >= 0.3 is 0 Å². The van der Waals surface area contributed by atoms with Crippen molar-refractivity contribution >= 4 is 10.8 Å². The Morgan fingerprint density at radius 3 is 2.55 bits per heavy atom. The molecular formula is C17H16N2O. The number of aromatic nitrogens is 1. The highest BCUT2D eigenvalue weighted by molar-refractivity contribution is 5.88. The van der Waals surface area contributed by atoms with Crippen molar-refractivity contribution < 1.29 is 4.74 Å². The molecule has 2 N–H and O–H groups in total. The van der Waals surface area contributed by atoms with Gasteiger partial charge in [0.25, 0.3) is 0 Å². The summed E-state index contributed by atoms with van der Waals surface area (Å²) < 4.78 is 5.92. The lowest BCUT2D eigenvalue weighted by Gasteiger charge is -2.10. The van der Waals surface area contributed by atoms with Crippen LogP contribution in [-0.4, -0.2) is 4.98 Å². The van der Waals surface area contributed by atoms with E-state index in [2.05, 4.69) is 23.2 Å². The molecule has 2 aromatic carbocycles. The molecule has 0 spiro atoms. The summed E-state index contributed by atoms with van der Waals surface area (Å²) in [6, 6.07) is 17.9. The normalized spacial score (nSPS) is 12.3. The molecule has 20 heavy (non-hydrogen) atoms. The Morgan fingerprint density at radius 1 is 1.00 bits per heavy atom. The molecule has 0 amide bonds. The van der Waals surface area contributed by atoms with Gasteiger partial charge in [0.2, 0.25) is 0 Å². The van der Waals surface area contributed by atoms with Crippen LogP contribution >= 0.6 is 0 Å². The molecule has 1 heterocycles. The van der Waals surface area contributed by atoms with Crippen LogP contribution in [0.3, 0.4) is 0 Å². The Morgan fingerprint density at radius 2 is 1.80 bits per heavy atom. The first-order valence-electron chi connectivity index (χ1n) is 6.61. The Hall–Kier alpha value is -2.39. The third-order valence-corrected chi connectivity index (χ3v) is 3.20. The number of hydrogen-bond donors (Lipinski definition) is 1. The Bertz CT molecular complexity index is 715. The molecule has 3 heteroatoms. The van der Waals surface area contributed by atoms with Crippen LogP contribution in [0.1, 0.15) is 18.7 Å². The number of pyridine rings is 1. The van der Waals surface area contributed by atoms with Crippen LogP contribution in [0.4, 0.5) is 0 Å². The number of nitrogens with zero attached hydrogens (tertiary/aromatic N) is 1. The lowest BCUT2D eigenvalue weighted by molar-refractivity contribution is 0.485. The molecule has 0 radical (unpaired) electrons. The van der Waals surface area contributed by atoms with Crippen LogP contribution in [-0.2, 0) is 0 Å². The minimum absolute atomic E-state index is 0.0680. The van der Waals surface area contributed by atoms with Gasteiger partial charge in [-0.25, -0.2) is 0 Å². The summed E-state index contributed by atoms with van der Waals surface area (Å²) in [5, 5.41) is 2.25. The van der Waals surface area contributed by atoms with E-state index in [1.807, 2.05) is 43.3 Å². The van der Waals surface area contributed by atoms with Crippen LogP contribution in [0.25, 0.3) is 10.8 Å². The van der Waals surface area contributed by atoms with E-state index in [1.54, 1.807) is 6.20 Å². The van der Waals surface area contributed by atoms with Gasteiger partial charge in [0.05, 0.1) is 11.9 Å². The highest BCUT2D eigenvalue weighted by Gasteiger charge is 2.05. The summed E-state index contributed by atoms with van der Waals surface area (Å²) in [5.74, 6) is 1.55. The van der Waals surface area contributed by atoms with Gasteiger partial charge in [-0.1, -0.05) is 36.4 Å². The van der Waals surface area contributed by atoms with E-state index < -0.39 is 0 Å². The first-order chi connectivity index (χ1) is 9.74. The molecule has 0 saturated heterocycles. The van der Waals surface area contributed by atoms with Crippen molar-refractivity contribution in [2.24, 2.45) is 5.73 Å². The highest BCUT2D eigenvalue weighted by Crippen LogP contribution is 2.29. The second kappa shape index (κ2) is 5.31. The van der Waals surface area contributed by atoms with Crippen molar-refractivity contribution in [2.45, 2.75) is 13.0 Å². The third-order valence-electron chi connectivity index (χ3n) is 3.20. The highest BCUT2D eigenvalue weighted by atomic mass is 16.5. The molecule has 0 aliphatic carbocycles. The first-order valence-corrected chi connectivity index (χ1v) is 6.61. The Labute approximate surface area is 118 Å². The zero-order valence-electron chi connectivity index (χ0n) is 11.3. The Balaban J connectivity index is 1.93. The summed E-state index contributed by atoms with van der Waals surface area (Å²) in [6.45, 7) is 1.91. The van der Waals surface area contributed by atoms with Gasteiger partial charge in [0, 0.05) is 11.4 Å². The molecule has 0 aliphatic rings. The van der Waals surface area contributed by atoms with Crippen molar-refractivity contribution in [1.29, 1.82) is 0 Å². The molecule has 100 valence electrons. The molecule has 0 unspecified atom stereocenters. The number of rotatable bonds is 3. The predicted octanol–water partition coefficient (Wildman–Crippen LogP) is 4.05. The number of hydrogen-bond acceptors (Lipinski definition) is 3. The molecule has 0 aliphatic heterocycles. The van der Waals surface area contributed by atoms with E-state index in [9.17, 15) is 0 Å². The van der Waals surface area contributed by atoms with Crippen molar-refractivity contribution in [3.8, 4) is 11.5 Å². The molecule has 1 aromatic heterocycles. The quantitative estimate of drug-likeness (QED) is 0.776. The summed E-state index contributed by atoms with van der Waals surface area (Å²) in [5.41, 5.74) is 6.64. The van der Waals surface area contributed by atoms with Crippen LogP contribution in [0.2, 0.25) is 0 Å². The average molecular weight is 264 g/mol. The molecule has 3 aromatic rings. The number of nitrogens with two attached hydrogens (primary N) is 1. The molecule has 0 bridgehead atoms. The van der Waals surface area contributed by atoms with Crippen LogP contribution in [0.15, 0.2) is 60.8 Å². The van der Waals surface area contributed by atoms with E-state index in [0.717, 1.165) is 22.2 Å². The molecule has 0 saturated carbocycles. The topological polar surface area (TPSA) is 48.1 Å². The third kappa shape index (κ3) is 2.49. The zero-order chi connectivity index (χ0) is 13.9. The van der Waals surface area contributed by atoms with Crippen LogP contribution in [0.5, 0.6) is 11.5 Å². The van der Waals surface area contributed by atoms with Gasteiger partial charge in [0.15, 0.2) is 0 Å². The van der Waals surface area contributed by atoms with Gasteiger partial charge in [0.1, 0.15) is 11.5 Å². The van der Waals surface area contributed by atoms with E-state index in [-0.39, 0.29) is 6.04 Å². The SMILES string of the molecule is C[C@@H](N)c1ccc(Oc2cccc3ccccc23)cn1. The minimum atomic E-state index is -0.0680. The van der Waals surface area contributed by atoms with Crippen molar-refractivity contribution in [3.05, 3.63) is 66.5 Å². The summed E-state index contributed by atoms with van der Waals surface area (Å²) in [6.07, 6.45) is 1.71. The van der Waals surface area contributed by atoms with Gasteiger partial charge < -0.3 is 10.5 Å². The average Bonchev–Trinajstić information content (AvgIpc) is 2.48. The fourth-order valence-corrected chi connectivity index (χ4v) is 2.13. The smallest absolute Gasteiger partial charge is 0.145 e. The number of ether oxygens (including phenoxy) is 1. The summed E-state index contributed by atoms with van der Waals surface area (Å²) >= 11 is 0. The largest absolute Gasteiger partial charge is 0.455 e. The number of fused-ring (bicyclic) bond motifs is 1. The first kappa shape index (κ1) is 12.6. The Kier molecular flexibility index (Phi) is 3.35. The summed E-state index contributed by atoms with van der Waals surface area (Å²) in [4.78, 5) is 4.30. The summed E-state index contributed by atoms with van der Waals surface area (Å²) in [7, 11) is 0. The van der Waals surface area contributed by atoms with E-state index in [4.69, 9.17) is 10.5 Å². The molecule has 0 fully saturated rings. The molecule has 3 rings (SSSR count).